The molecule has 0 atom stereocenters. The Hall–Kier alpha value is -3.14. The average Bonchev–Trinajstić information content (AvgIpc) is 3.10. The summed E-state index contributed by atoms with van der Waals surface area (Å²) in [5.41, 5.74) is 0.924. The van der Waals surface area contributed by atoms with Gasteiger partial charge in [-0.25, -0.2) is 13.9 Å². The molecule has 10 heteroatoms. The lowest BCUT2D eigenvalue weighted by Gasteiger charge is -2.11. The van der Waals surface area contributed by atoms with E-state index in [1.807, 2.05) is 0 Å². The molecule has 3 rings (SSSR count). The third-order valence-corrected chi connectivity index (χ3v) is 4.81. The largest absolute Gasteiger partial charge is 0.507 e. The number of aromatic hydroxyl groups is 1. The number of fused-ring (bicyclic) bond motifs is 1. The molecule has 0 spiro atoms. The molecule has 2 heterocycles. The van der Waals surface area contributed by atoms with Crippen molar-refractivity contribution in [1.29, 1.82) is 0 Å². The molecule has 3 aromatic rings. The Kier molecular flexibility index (Phi) is 5.26. The second-order valence-electron chi connectivity index (χ2n) is 5.65. The first-order valence-electron chi connectivity index (χ1n) is 7.81. The van der Waals surface area contributed by atoms with Gasteiger partial charge in [-0.2, -0.15) is 5.10 Å². The molecule has 0 aliphatic heterocycles. The summed E-state index contributed by atoms with van der Waals surface area (Å²) in [4.78, 5) is 26.8. The van der Waals surface area contributed by atoms with E-state index in [1.54, 1.807) is 25.1 Å². The zero-order chi connectivity index (χ0) is 19.6. The first kappa shape index (κ1) is 18.6. The summed E-state index contributed by atoms with van der Waals surface area (Å²) >= 11 is 1.22. The van der Waals surface area contributed by atoms with Crippen LogP contribution in [0.25, 0.3) is 5.65 Å². The van der Waals surface area contributed by atoms with E-state index in [9.17, 15) is 19.1 Å². The van der Waals surface area contributed by atoms with Gasteiger partial charge in [0.25, 0.3) is 5.91 Å². The molecule has 0 saturated carbocycles. The summed E-state index contributed by atoms with van der Waals surface area (Å²) in [5, 5.41) is 25.6. The number of hydrogen-bond acceptors (Lipinski definition) is 6. The minimum Gasteiger partial charge on any atom is -0.507 e. The molecule has 0 bridgehead atoms. The van der Waals surface area contributed by atoms with E-state index in [4.69, 9.17) is 5.11 Å². The number of pyridine rings is 1. The van der Waals surface area contributed by atoms with E-state index in [0.717, 1.165) is 0 Å². The van der Waals surface area contributed by atoms with Gasteiger partial charge >= 0.3 is 5.97 Å². The topological polar surface area (TPSA) is 117 Å². The van der Waals surface area contributed by atoms with Crippen LogP contribution in [0.3, 0.4) is 0 Å². The van der Waals surface area contributed by atoms with Gasteiger partial charge in [0.15, 0.2) is 5.65 Å². The van der Waals surface area contributed by atoms with Crippen LogP contribution in [0.15, 0.2) is 35.6 Å². The molecule has 8 nitrogen and oxygen atoms in total. The number of carboxylic acid groups (broad SMARTS) is 1. The standard InChI is InChI=1S/C17H15FN4O4S/c1-9-3-2-4-10(15(9)18)7-27-12-5-11(23)14(16-20-8-21-22(12)16)17(26)19-6-13(24)25/h2-5,8,23H,6-7H2,1H3,(H,19,26)(H,24,25). The maximum absolute atomic E-state index is 14.2. The molecule has 0 fully saturated rings. The number of hydrogen-bond donors (Lipinski definition) is 3. The number of carbonyl (C=O) groups is 2. The van der Waals surface area contributed by atoms with Crippen LogP contribution in [0.4, 0.5) is 4.39 Å². The molecule has 0 aliphatic rings. The maximum atomic E-state index is 14.2. The molecule has 2 aromatic heterocycles. The first-order valence-corrected chi connectivity index (χ1v) is 8.79. The number of benzene rings is 1. The second kappa shape index (κ2) is 7.62. The third kappa shape index (κ3) is 3.85. The van der Waals surface area contributed by atoms with Crippen LogP contribution in [0.1, 0.15) is 21.5 Å². The number of aryl methyl sites for hydroxylation is 1. The molecule has 3 N–H and O–H groups in total. The van der Waals surface area contributed by atoms with E-state index in [1.165, 1.54) is 28.7 Å². The van der Waals surface area contributed by atoms with Gasteiger partial charge in [-0.15, -0.1) is 11.8 Å². The van der Waals surface area contributed by atoms with Gasteiger partial charge in [-0.05, 0) is 18.1 Å². The van der Waals surface area contributed by atoms with Gasteiger partial charge in [0.05, 0.1) is 0 Å². The van der Waals surface area contributed by atoms with Gasteiger partial charge in [0, 0.05) is 11.8 Å². The zero-order valence-corrected chi connectivity index (χ0v) is 15.0. The smallest absolute Gasteiger partial charge is 0.322 e. The molecule has 1 aromatic carbocycles. The number of nitrogens with one attached hydrogen (secondary N) is 1. The van der Waals surface area contributed by atoms with Gasteiger partial charge in [-0.1, -0.05) is 18.2 Å². The van der Waals surface area contributed by atoms with Gasteiger partial charge in [0.1, 0.15) is 35.0 Å². The Morgan fingerprint density at radius 2 is 2.15 bits per heavy atom. The van der Waals surface area contributed by atoms with Crippen molar-refractivity contribution in [1.82, 2.24) is 19.9 Å². The minimum atomic E-state index is -1.22. The molecular weight excluding hydrogens is 375 g/mol. The number of aliphatic carboxylic acids is 1. The summed E-state index contributed by atoms with van der Waals surface area (Å²) in [6.45, 7) is 1.08. The van der Waals surface area contributed by atoms with Crippen molar-refractivity contribution in [3.05, 3.63) is 53.1 Å². The number of amides is 1. The third-order valence-electron chi connectivity index (χ3n) is 3.77. The monoisotopic (exact) mass is 390 g/mol. The van der Waals surface area contributed by atoms with Crippen molar-refractivity contribution >= 4 is 29.3 Å². The summed E-state index contributed by atoms with van der Waals surface area (Å²) in [7, 11) is 0. The lowest BCUT2D eigenvalue weighted by Crippen LogP contribution is -2.29. The average molecular weight is 390 g/mol. The Labute approximate surface area is 157 Å². The number of rotatable bonds is 6. The highest BCUT2D eigenvalue weighted by Gasteiger charge is 2.21. The van der Waals surface area contributed by atoms with E-state index in [0.29, 0.717) is 16.2 Å². The summed E-state index contributed by atoms with van der Waals surface area (Å²) in [6.07, 6.45) is 1.21. The minimum absolute atomic E-state index is 0.0742. The summed E-state index contributed by atoms with van der Waals surface area (Å²) in [5.74, 6) is -2.38. The Morgan fingerprint density at radius 3 is 2.89 bits per heavy atom. The highest BCUT2D eigenvalue weighted by molar-refractivity contribution is 7.98. The quantitative estimate of drug-likeness (QED) is 0.551. The van der Waals surface area contributed by atoms with E-state index in [2.05, 4.69) is 15.4 Å². The second-order valence-corrected chi connectivity index (χ2v) is 6.65. The van der Waals surface area contributed by atoms with Crippen LogP contribution in [-0.2, 0) is 10.5 Å². The number of carboxylic acids is 1. The van der Waals surface area contributed by atoms with Crippen molar-refractivity contribution in [2.75, 3.05) is 6.54 Å². The SMILES string of the molecule is Cc1cccc(CSc2cc(O)c(C(=O)NCC(=O)O)c3ncnn23)c1F. The fraction of sp³-hybridized carbons (Fsp3) is 0.176. The van der Waals surface area contributed by atoms with Crippen LogP contribution in [0, 0.1) is 12.7 Å². The zero-order valence-electron chi connectivity index (χ0n) is 14.1. The molecule has 0 radical (unpaired) electrons. The lowest BCUT2D eigenvalue weighted by molar-refractivity contribution is -0.135. The fourth-order valence-corrected chi connectivity index (χ4v) is 3.45. The van der Waals surface area contributed by atoms with Crippen molar-refractivity contribution in [3.63, 3.8) is 0 Å². The molecule has 1 amide bonds. The van der Waals surface area contributed by atoms with Gasteiger partial charge in [0.2, 0.25) is 0 Å². The van der Waals surface area contributed by atoms with Gasteiger partial charge in [-0.3, -0.25) is 9.59 Å². The van der Waals surface area contributed by atoms with E-state index < -0.39 is 18.4 Å². The number of halogens is 1. The number of thioether (sulfide) groups is 1. The molecule has 140 valence electrons. The van der Waals surface area contributed by atoms with Crippen LogP contribution >= 0.6 is 11.8 Å². The van der Waals surface area contributed by atoms with Gasteiger partial charge < -0.3 is 15.5 Å². The van der Waals surface area contributed by atoms with Crippen LogP contribution < -0.4 is 5.32 Å². The summed E-state index contributed by atoms with van der Waals surface area (Å²) < 4.78 is 15.5. The Bertz CT molecular complexity index is 1040. The van der Waals surface area contributed by atoms with Crippen molar-refractivity contribution in [3.8, 4) is 5.75 Å². The van der Waals surface area contributed by atoms with Crippen LogP contribution in [0.5, 0.6) is 5.75 Å². The highest BCUT2D eigenvalue weighted by atomic mass is 32.2. The number of aromatic nitrogens is 3. The molecule has 27 heavy (non-hydrogen) atoms. The molecular formula is C17H15FN4O4S. The van der Waals surface area contributed by atoms with Crippen molar-refractivity contribution in [2.45, 2.75) is 17.7 Å². The van der Waals surface area contributed by atoms with Crippen molar-refractivity contribution < 1.29 is 24.2 Å². The first-order chi connectivity index (χ1) is 12.9. The number of carbonyl (C=O) groups excluding carboxylic acids is 1. The normalized spacial score (nSPS) is 10.9. The predicted molar refractivity (Wildman–Crippen MR) is 95.3 cm³/mol. The van der Waals surface area contributed by atoms with Crippen molar-refractivity contribution in [2.24, 2.45) is 0 Å². The molecule has 0 saturated heterocycles. The van der Waals surface area contributed by atoms with Crippen LogP contribution in [0.2, 0.25) is 0 Å². The Morgan fingerprint density at radius 1 is 1.37 bits per heavy atom. The number of nitrogens with zero attached hydrogens (tertiary/aromatic N) is 3. The van der Waals surface area contributed by atoms with Crippen LogP contribution in [-0.4, -0.2) is 43.2 Å². The maximum Gasteiger partial charge on any atom is 0.322 e. The lowest BCUT2D eigenvalue weighted by atomic mass is 10.1. The fourth-order valence-electron chi connectivity index (χ4n) is 2.47. The van der Waals surface area contributed by atoms with E-state index >= 15 is 0 Å². The molecule has 0 unspecified atom stereocenters. The highest BCUT2D eigenvalue weighted by Crippen LogP contribution is 2.31. The molecule has 0 aliphatic carbocycles. The Balaban J connectivity index is 1.91. The van der Waals surface area contributed by atoms with E-state index in [-0.39, 0.29) is 28.5 Å². The summed E-state index contributed by atoms with van der Waals surface area (Å²) in [6, 6.07) is 6.42. The predicted octanol–water partition coefficient (Wildman–Crippen LogP) is 1.99.